The highest BCUT2D eigenvalue weighted by Gasteiger charge is 2.23. The zero-order valence-electron chi connectivity index (χ0n) is 19.0. The number of aliphatic imine (C=N–C) groups is 1. The molecule has 3 rings (SSSR count). The first-order chi connectivity index (χ1) is 15.1. The molecule has 168 valence electrons. The van der Waals surface area contributed by atoms with E-state index in [2.05, 4.69) is 44.8 Å². The molecule has 0 aliphatic carbocycles. The summed E-state index contributed by atoms with van der Waals surface area (Å²) in [4.78, 5) is 6.83. The number of nitrogens with zero attached hydrogens (tertiary/aromatic N) is 2. The Morgan fingerprint density at radius 1 is 1.06 bits per heavy atom. The van der Waals surface area contributed by atoms with Crippen molar-refractivity contribution in [1.29, 1.82) is 0 Å². The lowest BCUT2D eigenvalue weighted by molar-refractivity contribution is 0.321. The first kappa shape index (κ1) is 22.7. The van der Waals surface area contributed by atoms with E-state index < -0.39 is 0 Å². The monoisotopic (exact) mass is 426 g/mol. The van der Waals surface area contributed by atoms with Crippen LogP contribution in [0.2, 0.25) is 0 Å². The number of methoxy groups -OCH3 is 2. The lowest BCUT2D eigenvalue weighted by Gasteiger charge is -2.19. The predicted molar refractivity (Wildman–Crippen MR) is 124 cm³/mol. The first-order valence-corrected chi connectivity index (χ1v) is 10.8. The van der Waals surface area contributed by atoms with E-state index in [9.17, 15) is 0 Å². The van der Waals surface area contributed by atoms with Gasteiger partial charge in [-0.15, -0.1) is 0 Å². The molecule has 0 saturated carbocycles. The van der Waals surface area contributed by atoms with Gasteiger partial charge in [0.1, 0.15) is 17.2 Å². The Morgan fingerprint density at radius 2 is 1.81 bits per heavy atom. The Morgan fingerprint density at radius 3 is 2.48 bits per heavy atom. The van der Waals surface area contributed by atoms with E-state index >= 15 is 0 Å². The molecule has 7 heteroatoms. The molecule has 1 atom stereocenters. The molecule has 2 N–H and O–H groups in total. The molecule has 2 aromatic rings. The molecule has 2 aromatic carbocycles. The summed E-state index contributed by atoms with van der Waals surface area (Å²) in [5.74, 6) is 3.35. The summed E-state index contributed by atoms with van der Waals surface area (Å²) in [6.07, 6.45) is 1.07. The summed E-state index contributed by atoms with van der Waals surface area (Å²) in [5, 5.41) is 6.96. The SMILES string of the molecule is CCOc1cccc(CNC(=NC)NC2CCN(Cc3cc(OC)cc(OC)c3)C2)c1. The lowest BCUT2D eigenvalue weighted by Crippen LogP contribution is -2.44. The third-order valence-electron chi connectivity index (χ3n) is 5.32. The fourth-order valence-corrected chi connectivity index (χ4v) is 3.80. The van der Waals surface area contributed by atoms with Crippen LogP contribution in [0.4, 0.5) is 0 Å². The van der Waals surface area contributed by atoms with Crippen LogP contribution in [0, 0.1) is 0 Å². The number of rotatable bonds is 9. The van der Waals surface area contributed by atoms with E-state index in [1.165, 1.54) is 5.56 Å². The molecule has 1 fully saturated rings. The molecule has 0 radical (unpaired) electrons. The van der Waals surface area contributed by atoms with Gasteiger partial charge in [-0.2, -0.15) is 0 Å². The largest absolute Gasteiger partial charge is 0.497 e. The topological polar surface area (TPSA) is 67.4 Å². The van der Waals surface area contributed by atoms with Crippen molar-refractivity contribution in [2.24, 2.45) is 4.99 Å². The number of nitrogens with one attached hydrogen (secondary N) is 2. The van der Waals surface area contributed by atoms with Gasteiger partial charge in [0.15, 0.2) is 5.96 Å². The molecule has 1 heterocycles. The number of hydrogen-bond acceptors (Lipinski definition) is 5. The van der Waals surface area contributed by atoms with Gasteiger partial charge in [0.2, 0.25) is 0 Å². The van der Waals surface area contributed by atoms with Crippen molar-refractivity contribution < 1.29 is 14.2 Å². The van der Waals surface area contributed by atoms with Crippen molar-refractivity contribution >= 4 is 5.96 Å². The minimum absolute atomic E-state index is 0.355. The van der Waals surface area contributed by atoms with Gasteiger partial charge in [-0.25, -0.2) is 0 Å². The quantitative estimate of drug-likeness (QED) is 0.475. The maximum Gasteiger partial charge on any atom is 0.191 e. The number of ether oxygens (including phenoxy) is 3. The van der Waals surface area contributed by atoms with Crippen molar-refractivity contribution in [2.45, 2.75) is 32.5 Å². The molecule has 7 nitrogen and oxygen atoms in total. The average molecular weight is 427 g/mol. The lowest BCUT2D eigenvalue weighted by atomic mass is 10.2. The standard InChI is InChI=1S/C24H34N4O3/c1-5-31-21-8-6-7-18(11-21)15-26-24(25-2)27-20-9-10-28(17-20)16-19-12-22(29-3)14-23(13-19)30-4/h6-8,11-14,20H,5,9-10,15-17H2,1-4H3,(H2,25,26,27). The zero-order valence-corrected chi connectivity index (χ0v) is 19.0. The Balaban J connectivity index is 1.50. The Labute approximate surface area is 185 Å². The van der Waals surface area contributed by atoms with Crippen molar-refractivity contribution in [3.8, 4) is 17.2 Å². The summed E-state index contributed by atoms with van der Waals surface area (Å²) in [6.45, 7) is 6.21. The summed E-state index contributed by atoms with van der Waals surface area (Å²) in [7, 11) is 5.17. The molecule has 31 heavy (non-hydrogen) atoms. The predicted octanol–water partition coefficient (Wildman–Crippen LogP) is 3.04. The molecular formula is C24H34N4O3. The van der Waals surface area contributed by atoms with Crippen molar-refractivity contribution in [2.75, 3.05) is 41.0 Å². The molecule has 0 bridgehead atoms. The van der Waals surface area contributed by atoms with Gasteiger partial charge >= 0.3 is 0 Å². The van der Waals surface area contributed by atoms with Crippen LogP contribution in [0.5, 0.6) is 17.2 Å². The minimum atomic E-state index is 0.355. The normalized spacial score (nSPS) is 16.8. The second kappa shape index (κ2) is 11.5. The Kier molecular flexibility index (Phi) is 8.41. The van der Waals surface area contributed by atoms with Crippen LogP contribution in [-0.4, -0.2) is 57.9 Å². The third-order valence-corrected chi connectivity index (χ3v) is 5.32. The molecule has 1 unspecified atom stereocenters. The van der Waals surface area contributed by atoms with E-state index in [4.69, 9.17) is 14.2 Å². The second-order valence-electron chi connectivity index (χ2n) is 7.59. The fourth-order valence-electron chi connectivity index (χ4n) is 3.80. The Bertz CT molecular complexity index is 849. The van der Waals surface area contributed by atoms with Gasteiger partial charge in [-0.05, 0) is 48.7 Å². The van der Waals surface area contributed by atoms with Gasteiger partial charge in [0.25, 0.3) is 0 Å². The van der Waals surface area contributed by atoms with Crippen molar-refractivity contribution in [3.63, 3.8) is 0 Å². The van der Waals surface area contributed by atoms with Crippen LogP contribution in [0.25, 0.3) is 0 Å². The van der Waals surface area contributed by atoms with Crippen molar-refractivity contribution in [1.82, 2.24) is 15.5 Å². The smallest absolute Gasteiger partial charge is 0.191 e. The summed E-state index contributed by atoms with van der Waals surface area (Å²) in [6, 6.07) is 14.5. The van der Waals surface area contributed by atoms with E-state index in [1.807, 2.05) is 25.1 Å². The van der Waals surface area contributed by atoms with Gasteiger partial charge in [0, 0.05) is 45.3 Å². The summed E-state index contributed by atoms with van der Waals surface area (Å²) < 4.78 is 16.4. The maximum atomic E-state index is 5.58. The summed E-state index contributed by atoms with van der Waals surface area (Å²) >= 11 is 0. The Hall–Kier alpha value is -2.93. The first-order valence-electron chi connectivity index (χ1n) is 10.8. The third kappa shape index (κ3) is 6.79. The van der Waals surface area contributed by atoms with Gasteiger partial charge in [-0.3, -0.25) is 9.89 Å². The van der Waals surface area contributed by atoms with E-state index in [0.717, 1.165) is 54.8 Å². The zero-order chi connectivity index (χ0) is 22.1. The minimum Gasteiger partial charge on any atom is -0.497 e. The van der Waals surface area contributed by atoms with E-state index in [-0.39, 0.29) is 0 Å². The molecule has 0 amide bonds. The van der Waals surface area contributed by atoms with Crippen LogP contribution in [0.15, 0.2) is 47.5 Å². The number of guanidine groups is 1. The highest BCUT2D eigenvalue weighted by atomic mass is 16.5. The van der Waals surface area contributed by atoms with E-state index in [1.54, 1.807) is 21.3 Å². The van der Waals surface area contributed by atoms with Gasteiger partial charge in [0.05, 0.1) is 20.8 Å². The van der Waals surface area contributed by atoms with E-state index in [0.29, 0.717) is 19.2 Å². The van der Waals surface area contributed by atoms with Gasteiger partial charge in [-0.1, -0.05) is 12.1 Å². The average Bonchev–Trinajstić information content (AvgIpc) is 3.23. The molecule has 0 spiro atoms. The molecule has 1 aliphatic rings. The molecule has 1 saturated heterocycles. The van der Waals surface area contributed by atoms with Crippen LogP contribution >= 0.6 is 0 Å². The van der Waals surface area contributed by atoms with Crippen LogP contribution in [-0.2, 0) is 13.1 Å². The molecule has 0 aromatic heterocycles. The van der Waals surface area contributed by atoms with Crippen molar-refractivity contribution in [3.05, 3.63) is 53.6 Å². The van der Waals surface area contributed by atoms with Crippen LogP contribution < -0.4 is 24.8 Å². The molecular weight excluding hydrogens is 392 g/mol. The number of hydrogen-bond donors (Lipinski definition) is 2. The second-order valence-corrected chi connectivity index (χ2v) is 7.59. The summed E-state index contributed by atoms with van der Waals surface area (Å²) in [5.41, 5.74) is 2.35. The number of benzene rings is 2. The number of likely N-dealkylation sites (tertiary alicyclic amines) is 1. The highest BCUT2D eigenvalue weighted by Crippen LogP contribution is 2.24. The van der Waals surface area contributed by atoms with Crippen LogP contribution in [0.1, 0.15) is 24.5 Å². The van der Waals surface area contributed by atoms with Gasteiger partial charge < -0.3 is 24.8 Å². The molecule has 1 aliphatic heterocycles. The highest BCUT2D eigenvalue weighted by molar-refractivity contribution is 5.80. The maximum absolute atomic E-state index is 5.58. The fraction of sp³-hybridized carbons (Fsp3) is 0.458. The van der Waals surface area contributed by atoms with Crippen LogP contribution in [0.3, 0.4) is 0 Å².